The fourth-order valence-corrected chi connectivity index (χ4v) is 9.19. The monoisotopic (exact) mass is 956 g/mol. The highest BCUT2D eigenvalue weighted by molar-refractivity contribution is 6.09. The minimum Gasteiger partial charge on any atom is -0.507 e. The number of hydrogen-bond donors (Lipinski definition) is 14. The Kier molecular flexibility index (Phi) is 10.2. The van der Waals surface area contributed by atoms with Crippen molar-refractivity contribution >= 4 is 54.8 Å². The molecule has 14 N–H and O–H groups in total. The number of ether oxygens (including phenoxy) is 3. The van der Waals surface area contributed by atoms with E-state index < -0.39 is 195 Å². The molecule has 10 rings (SSSR count). The largest absolute Gasteiger partial charge is 0.507 e. The molecule has 23 nitrogen and oxygen atoms in total. The van der Waals surface area contributed by atoms with Crippen LogP contribution in [-0.4, -0.2) is 116 Å². The molecular weight excluding hydrogens is 920 g/mol. The van der Waals surface area contributed by atoms with Gasteiger partial charge in [-0.25, -0.2) is 0 Å². The second kappa shape index (κ2) is 15.8. The van der Waals surface area contributed by atoms with Gasteiger partial charge in [0.05, 0.1) is 36.5 Å². The Morgan fingerprint density at radius 2 is 1.07 bits per heavy atom. The Morgan fingerprint density at radius 1 is 0.551 bits per heavy atom. The van der Waals surface area contributed by atoms with Crippen LogP contribution in [0, 0.1) is 0 Å². The van der Waals surface area contributed by atoms with E-state index in [4.69, 9.17) is 27.5 Å². The summed E-state index contributed by atoms with van der Waals surface area (Å²) in [4.78, 5) is 42.6. The van der Waals surface area contributed by atoms with Crippen LogP contribution in [-0.2, 0) is 9.47 Å². The first-order valence-electron chi connectivity index (χ1n) is 20.6. The van der Waals surface area contributed by atoms with E-state index in [0.717, 1.165) is 30.3 Å². The van der Waals surface area contributed by atoms with Crippen LogP contribution in [0.1, 0.15) is 36.4 Å². The first-order chi connectivity index (χ1) is 32.8. The molecule has 0 spiro atoms. The number of rotatable bonds is 6. The van der Waals surface area contributed by atoms with Gasteiger partial charge in [0.15, 0.2) is 29.0 Å². The Bertz CT molecular complexity index is 3720. The van der Waals surface area contributed by atoms with Crippen LogP contribution in [0.25, 0.3) is 77.1 Å². The minimum absolute atomic E-state index is 0.0729. The van der Waals surface area contributed by atoms with Crippen molar-refractivity contribution in [2.24, 2.45) is 0 Å². The molecule has 0 amide bonds. The number of hydrogen-bond acceptors (Lipinski definition) is 23. The molecule has 7 atom stereocenters. The van der Waals surface area contributed by atoms with Gasteiger partial charge in [-0.05, 0) is 25.0 Å². The first-order valence-corrected chi connectivity index (χ1v) is 20.6. The van der Waals surface area contributed by atoms with Gasteiger partial charge in [-0.15, -0.1) is 0 Å². The number of fused-ring (bicyclic) bond motifs is 6. The number of aliphatic hydroxyl groups excluding tert-OH is 5. The molecule has 4 heterocycles. The predicted octanol–water partition coefficient (Wildman–Crippen LogP) is 2.69. The maximum Gasteiger partial charge on any atom is 0.208 e. The van der Waals surface area contributed by atoms with Gasteiger partial charge in [0.1, 0.15) is 126 Å². The number of benzene rings is 5. The van der Waals surface area contributed by atoms with E-state index in [1.54, 1.807) is 0 Å². The molecule has 3 aromatic heterocycles. The Morgan fingerprint density at radius 3 is 1.62 bits per heavy atom. The van der Waals surface area contributed by atoms with E-state index in [1.807, 2.05) is 0 Å². The lowest BCUT2D eigenvalue weighted by molar-refractivity contribution is -0.314. The molecular formula is C46H36O23. The SMILES string of the molecule is COc1cc(O)c2c(=O)c3c(O)c(-c4c(O)cc5oc6c(O)cc(-c7c(O)cc8oc9c(c(=O)c8c7O)[C@@H](O[C@@H]7O[C@H](CO)[C@@H](O)[C@H](O)[C@H]7O)CC[C@H]9O)c(O)c6c(=O)c5c4O)cc(O)c3oc2c1. The number of aliphatic hydroxyl groups is 5. The molecule has 69 heavy (non-hydrogen) atoms. The molecule has 1 saturated heterocycles. The fraction of sp³-hybridized carbons (Fsp3) is 0.239. The summed E-state index contributed by atoms with van der Waals surface area (Å²) in [6, 6.07) is 5.40. The number of methoxy groups -OCH3 is 1. The zero-order valence-electron chi connectivity index (χ0n) is 35.1. The molecule has 1 fully saturated rings. The maximum absolute atomic E-state index is 14.5. The molecule has 0 bridgehead atoms. The number of aromatic hydroxyl groups is 9. The van der Waals surface area contributed by atoms with Gasteiger partial charge < -0.3 is 99.0 Å². The highest BCUT2D eigenvalue weighted by Gasteiger charge is 2.46. The van der Waals surface area contributed by atoms with Crippen LogP contribution in [0.5, 0.6) is 57.5 Å². The Labute approximate surface area is 380 Å². The summed E-state index contributed by atoms with van der Waals surface area (Å²) in [5, 5.41) is 150. The van der Waals surface area contributed by atoms with Crippen LogP contribution in [0.4, 0.5) is 0 Å². The summed E-state index contributed by atoms with van der Waals surface area (Å²) in [5.41, 5.74) is -9.59. The minimum atomic E-state index is -1.90. The summed E-state index contributed by atoms with van der Waals surface area (Å²) in [7, 11) is 1.28. The topological polar surface area (TPSA) is 402 Å². The van der Waals surface area contributed by atoms with E-state index in [0.29, 0.717) is 0 Å². The molecule has 0 unspecified atom stereocenters. The Balaban J connectivity index is 1.14. The molecule has 1 aliphatic heterocycles. The van der Waals surface area contributed by atoms with E-state index >= 15 is 0 Å². The van der Waals surface area contributed by atoms with Crippen molar-refractivity contribution in [2.45, 2.75) is 55.8 Å². The number of phenols is 9. The summed E-state index contributed by atoms with van der Waals surface area (Å²) in [6.45, 7) is -0.802. The highest BCUT2D eigenvalue weighted by Crippen LogP contribution is 2.53. The third-order valence-electron chi connectivity index (χ3n) is 12.5. The summed E-state index contributed by atoms with van der Waals surface area (Å²) < 4.78 is 33.5. The van der Waals surface area contributed by atoms with Gasteiger partial charge >= 0.3 is 0 Å². The van der Waals surface area contributed by atoms with Crippen LogP contribution in [0.3, 0.4) is 0 Å². The van der Waals surface area contributed by atoms with E-state index in [9.17, 15) is 85.9 Å². The van der Waals surface area contributed by atoms with Crippen molar-refractivity contribution < 1.29 is 99.0 Å². The van der Waals surface area contributed by atoms with Gasteiger partial charge in [0.25, 0.3) is 0 Å². The van der Waals surface area contributed by atoms with Crippen LogP contribution in [0.15, 0.2) is 64.0 Å². The molecule has 5 aromatic carbocycles. The van der Waals surface area contributed by atoms with Gasteiger partial charge in [0, 0.05) is 35.4 Å². The smallest absolute Gasteiger partial charge is 0.208 e. The lowest BCUT2D eigenvalue weighted by Crippen LogP contribution is -2.59. The molecule has 1 aliphatic carbocycles. The van der Waals surface area contributed by atoms with Crippen molar-refractivity contribution in [2.75, 3.05) is 13.7 Å². The third-order valence-corrected chi connectivity index (χ3v) is 12.5. The highest BCUT2D eigenvalue weighted by atomic mass is 16.7. The van der Waals surface area contributed by atoms with Crippen LogP contribution < -0.4 is 21.0 Å². The van der Waals surface area contributed by atoms with E-state index in [2.05, 4.69) is 0 Å². The average Bonchev–Trinajstić information content (AvgIpc) is 3.29. The van der Waals surface area contributed by atoms with Crippen LogP contribution >= 0.6 is 0 Å². The lowest BCUT2D eigenvalue weighted by atomic mass is 9.89. The first kappa shape index (κ1) is 44.8. The normalized spacial score (nSPS) is 21.7. The number of phenolic OH excluding ortho intramolecular Hbond substituents is 9. The quantitative estimate of drug-likeness (QED) is 0.0841. The molecule has 8 aromatic rings. The second-order valence-corrected chi connectivity index (χ2v) is 16.5. The molecule has 2 aliphatic rings. The molecule has 0 radical (unpaired) electrons. The fourth-order valence-electron chi connectivity index (χ4n) is 9.19. The van der Waals surface area contributed by atoms with Crippen molar-refractivity contribution in [3.05, 3.63) is 78.4 Å². The van der Waals surface area contributed by atoms with Crippen molar-refractivity contribution in [3.8, 4) is 79.7 Å². The summed E-state index contributed by atoms with van der Waals surface area (Å²) in [5.74, 6) is -8.98. The summed E-state index contributed by atoms with van der Waals surface area (Å²) in [6.07, 6.45) is -11.7. The lowest BCUT2D eigenvalue weighted by Gasteiger charge is -2.41. The molecule has 23 heteroatoms. The van der Waals surface area contributed by atoms with Gasteiger partial charge in [-0.3, -0.25) is 14.4 Å². The molecule has 0 saturated carbocycles. The van der Waals surface area contributed by atoms with E-state index in [-0.39, 0.29) is 29.9 Å². The molecule has 358 valence electrons. The predicted molar refractivity (Wildman–Crippen MR) is 234 cm³/mol. The maximum atomic E-state index is 14.5. The Hall–Kier alpha value is -8.03. The third kappa shape index (κ3) is 6.43. The zero-order valence-corrected chi connectivity index (χ0v) is 35.1. The average molecular weight is 957 g/mol. The van der Waals surface area contributed by atoms with Gasteiger partial charge in [-0.1, -0.05) is 0 Å². The van der Waals surface area contributed by atoms with Gasteiger partial charge in [-0.2, -0.15) is 0 Å². The van der Waals surface area contributed by atoms with E-state index in [1.165, 1.54) is 13.2 Å². The van der Waals surface area contributed by atoms with Crippen LogP contribution in [0.2, 0.25) is 0 Å². The van der Waals surface area contributed by atoms with Crippen molar-refractivity contribution in [1.29, 1.82) is 0 Å². The summed E-state index contributed by atoms with van der Waals surface area (Å²) >= 11 is 0. The zero-order chi connectivity index (χ0) is 49.4. The van der Waals surface area contributed by atoms with Crippen molar-refractivity contribution in [1.82, 2.24) is 0 Å². The van der Waals surface area contributed by atoms with Crippen molar-refractivity contribution in [3.63, 3.8) is 0 Å². The van der Waals surface area contributed by atoms with Gasteiger partial charge in [0.2, 0.25) is 16.3 Å². The standard InChI is InChI=1S/C46H36O23/c1-64-11-4-15(49)27-21(5-11)65-44-18(52)6-12(33(54)31(44)38(27)59)26-17(51)9-23-29(37(26)58)40(61)32-34(55)13(7-19(53)45(32)67-23)25-16(50)8-22-28(36(25)57)39(60)30-20(3-2-14(48)43(30)66-22)68-46-42(63)41(62)35(56)24(10-47)69-46/h4-9,14,20,24,35,41-42,46-58,62-63H,2-3,10H2,1H3/t14-,20+,24-,35-,41+,42-,46-/m1/s1. The second-order valence-electron chi connectivity index (χ2n) is 16.5.